The van der Waals surface area contributed by atoms with Crippen LogP contribution in [0.25, 0.3) is 0 Å². The van der Waals surface area contributed by atoms with E-state index in [9.17, 15) is 5.11 Å². The van der Waals surface area contributed by atoms with Gasteiger partial charge in [0.1, 0.15) is 0 Å². The molecule has 1 aliphatic heterocycles. The second kappa shape index (κ2) is 7.05. The van der Waals surface area contributed by atoms with Crippen molar-refractivity contribution in [1.29, 1.82) is 0 Å². The fraction of sp³-hybridized carbons (Fsp3) is 1.00. The smallest absolute Gasteiger partial charge is 0.0613 e. The van der Waals surface area contributed by atoms with Gasteiger partial charge in [0.05, 0.1) is 6.61 Å². The quantitative estimate of drug-likeness (QED) is 0.803. The van der Waals surface area contributed by atoms with E-state index >= 15 is 0 Å². The van der Waals surface area contributed by atoms with E-state index in [1.165, 1.54) is 38.8 Å². The summed E-state index contributed by atoms with van der Waals surface area (Å²) in [5.74, 6) is 0.896. The third kappa shape index (κ3) is 3.93. The lowest BCUT2D eigenvalue weighted by Gasteiger charge is -2.32. The Morgan fingerprint density at radius 1 is 1.26 bits per heavy atom. The maximum atomic E-state index is 9.78. The molecule has 2 N–H and O–H groups in total. The Morgan fingerprint density at radius 3 is 2.84 bits per heavy atom. The summed E-state index contributed by atoms with van der Waals surface area (Å²) in [6.45, 7) is 8.45. The molecular weight excluding hydrogens is 236 g/mol. The number of aliphatic hydroxyl groups is 1. The molecule has 0 aromatic rings. The predicted molar refractivity (Wildman–Crippen MR) is 80.3 cm³/mol. The van der Waals surface area contributed by atoms with Crippen molar-refractivity contribution in [2.24, 2.45) is 5.92 Å². The van der Waals surface area contributed by atoms with Gasteiger partial charge in [0.15, 0.2) is 0 Å². The predicted octanol–water partition coefficient (Wildman–Crippen LogP) is 2.39. The molecule has 2 aliphatic rings. The van der Waals surface area contributed by atoms with Gasteiger partial charge >= 0.3 is 0 Å². The van der Waals surface area contributed by atoms with E-state index in [1.807, 2.05) is 0 Å². The largest absolute Gasteiger partial charge is 0.394 e. The molecular formula is C16H32N2O. The number of hydrogen-bond donors (Lipinski definition) is 2. The Balaban J connectivity index is 1.89. The Bertz CT molecular complexity index is 271. The second-order valence-corrected chi connectivity index (χ2v) is 6.83. The van der Waals surface area contributed by atoms with Crippen LogP contribution in [0.4, 0.5) is 0 Å². The average Bonchev–Trinajstić information content (AvgIpc) is 2.73. The van der Waals surface area contributed by atoms with Crippen molar-refractivity contribution in [3.63, 3.8) is 0 Å². The van der Waals surface area contributed by atoms with Crippen molar-refractivity contribution in [1.82, 2.24) is 10.2 Å². The number of nitrogens with one attached hydrogen (secondary N) is 1. The molecule has 0 bridgehead atoms. The Kier molecular flexibility index (Phi) is 5.67. The van der Waals surface area contributed by atoms with Gasteiger partial charge in [-0.3, -0.25) is 0 Å². The lowest BCUT2D eigenvalue weighted by atomic mass is 9.98. The lowest BCUT2D eigenvalue weighted by molar-refractivity contribution is 0.143. The van der Waals surface area contributed by atoms with Gasteiger partial charge in [-0.1, -0.05) is 13.8 Å². The molecule has 1 saturated carbocycles. The maximum Gasteiger partial charge on any atom is 0.0613 e. The first-order valence-electron chi connectivity index (χ1n) is 8.29. The fourth-order valence-electron chi connectivity index (χ4n) is 3.81. The number of rotatable bonds is 5. The van der Waals surface area contributed by atoms with Crippen LogP contribution in [-0.4, -0.2) is 47.8 Å². The van der Waals surface area contributed by atoms with Gasteiger partial charge in [0.2, 0.25) is 0 Å². The summed E-state index contributed by atoms with van der Waals surface area (Å²) in [4.78, 5) is 2.70. The van der Waals surface area contributed by atoms with Crippen molar-refractivity contribution in [2.45, 2.75) is 70.4 Å². The Morgan fingerprint density at radius 2 is 2.11 bits per heavy atom. The van der Waals surface area contributed by atoms with Gasteiger partial charge < -0.3 is 15.3 Å². The van der Waals surface area contributed by atoms with E-state index in [2.05, 4.69) is 24.1 Å². The summed E-state index contributed by atoms with van der Waals surface area (Å²) < 4.78 is 0. The number of aliphatic hydroxyl groups excluding tert-OH is 1. The third-order valence-corrected chi connectivity index (χ3v) is 5.20. The monoisotopic (exact) mass is 268 g/mol. The summed E-state index contributed by atoms with van der Waals surface area (Å²) in [6.07, 6.45) is 8.77. The van der Waals surface area contributed by atoms with E-state index in [1.54, 1.807) is 0 Å². The molecule has 3 heteroatoms. The first kappa shape index (κ1) is 15.3. The summed E-state index contributed by atoms with van der Waals surface area (Å²) in [5.41, 5.74) is 0.0125. The second-order valence-electron chi connectivity index (χ2n) is 6.83. The molecule has 0 aromatic heterocycles. The van der Waals surface area contributed by atoms with E-state index in [4.69, 9.17) is 0 Å². The highest BCUT2D eigenvalue weighted by Gasteiger charge is 2.40. The van der Waals surface area contributed by atoms with Crippen molar-refractivity contribution < 1.29 is 5.11 Å². The van der Waals surface area contributed by atoms with E-state index in [0.29, 0.717) is 12.6 Å². The molecule has 0 amide bonds. The number of likely N-dealkylation sites (tertiary alicyclic amines) is 1. The standard InChI is InChI=1S/C16H32N2O/c1-3-9-17-16(13-19)8-6-15(12-16)18-10-4-5-14(2)7-11-18/h14-15,17,19H,3-13H2,1-2H3. The Hall–Kier alpha value is -0.120. The van der Waals surface area contributed by atoms with Crippen LogP contribution in [0.5, 0.6) is 0 Å². The zero-order valence-electron chi connectivity index (χ0n) is 12.8. The lowest BCUT2D eigenvalue weighted by Crippen LogP contribution is -2.48. The van der Waals surface area contributed by atoms with Crippen molar-refractivity contribution in [2.75, 3.05) is 26.2 Å². The molecule has 0 radical (unpaired) electrons. The SMILES string of the molecule is CCCNC1(CO)CCC(N2CCCC(C)CC2)C1. The van der Waals surface area contributed by atoms with Crippen molar-refractivity contribution >= 4 is 0 Å². The van der Waals surface area contributed by atoms with Gasteiger partial charge in [0.25, 0.3) is 0 Å². The van der Waals surface area contributed by atoms with Crippen LogP contribution in [0.15, 0.2) is 0 Å². The van der Waals surface area contributed by atoms with Gasteiger partial charge in [-0.05, 0) is 70.5 Å². The minimum atomic E-state index is 0.0125. The zero-order valence-corrected chi connectivity index (χ0v) is 12.8. The molecule has 19 heavy (non-hydrogen) atoms. The average molecular weight is 268 g/mol. The molecule has 3 atom stereocenters. The van der Waals surface area contributed by atoms with Crippen LogP contribution in [0.3, 0.4) is 0 Å². The molecule has 112 valence electrons. The van der Waals surface area contributed by atoms with Crippen LogP contribution in [0.1, 0.15) is 58.8 Å². The highest BCUT2D eigenvalue weighted by Crippen LogP contribution is 2.34. The first-order chi connectivity index (χ1) is 9.19. The Labute approximate surface area is 118 Å². The zero-order chi connectivity index (χ0) is 13.7. The number of nitrogens with zero attached hydrogens (tertiary/aromatic N) is 1. The van der Waals surface area contributed by atoms with E-state index < -0.39 is 0 Å². The van der Waals surface area contributed by atoms with Gasteiger partial charge in [-0.15, -0.1) is 0 Å². The van der Waals surface area contributed by atoms with Gasteiger partial charge in [-0.2, -0.15) is 0 Å². The normalized spacial score (nSPS) is 37.4. The van der Waals surface area contributed by atoms with Crippen molar-refractivity contribution in [3.05, 3.63) is 0 Å². The number of hydrogen-bond acceptors (Lipinski definition) is 3. The van der Waals surface area contributed by atoms with Crippen LogP contribution < -0.4 is 5.32 Å². The molecule has 1 aliphatic carbocycles. The van der Waals surface area contributed by atoms with Gasteiger partial charge in [-0.25, -0.2) is 0 Å². The summed E-state index contributed by atoms with van der Waals surface area (Å²) in [6, 6.07) is 0.696. The molecule has 1 saturated heterocycles. The fourth-order valence-corrected chi connectivity index (χ4v) is 3.81. The maximum absolute atomic E-state index is 9.78. The van der Waals surface area contributed by atoms with Gasteiger partial charge in [0, 0.05) is 11.6 Å². The first-order valence-corrected chi connectivity index (χ1v) is 8.29. The molecule has 3 nitrogen and oxygen atoms in total. The molecule has 0 aromatic carbocycles. The van der Waals surface area contributed by atoms with Crippen LogP contribution in [0, 0.1) is 5.92 Å². The summed E-state index contributed by atoms with van der Waals surface area (Å²) in [5, 5.41) is 13.4. The minimum absolute atomic E-state index is 0.0125. The van der Waals surface area contributed by atoms with Crippen LogP contribution in [-0.2, 0) is 0 Å². The highest BCUT2D eigenvalue weighted by molar-refractivity contribution is 4.99. The molecule has 0 spiro atoms. The summed E-state index contributed by atoms with van der Waals surface area (Å²) >= 11 is 0. The van der Waals surface area contributed by atoms with E-state index in [-0.39, 0.29) is 5.54 Å². The summed E-state index contributed by atoms with van der Waals surface area (Å²) in [7, 11) is 0. The minimum Gasteiger partial charge on any atom is -0.394 e. The molecule has 3 unspecified atom stereocenters. The van der Waals surface area contributed by atoms with Crippen LogP contribution in [0.2, 0.25) is 0 Å². The van der Waals surface area contributed by atoms with E-state index in [0.717, 1.165) is 31.7 Å². The van der Waals surface area contributed by atoms with Crippen molar-refractivity contribution in [3.8, 4) is 0 Å². The molecule has 1 heterocycles. The topological polar surface area (TPSA) is 35.5 Å². The molecule has 2 rings (SSSR count). The van der Waals surface area contributed by atoms with Crippen LogP contribution >= 0.6 is 0 Å². The highest BCUT2D eigenvalue weighted by atomic mass is 16.3. The molecule has 2 fully saturated rings. The third-order valence-electron chi connectivity index (χ3n) is 5.20.